The molecule has 0 spiro atoms. The average molecular weight is 322 g/mol. The average Bonchev–Trinajstić information content (AvgIpc) is 2.95. The van der Waals surface area contributed by atoms with Crippen molar-refractivity contribution in [2.24, 2.45) is 0 Å². The number of hydrogen-bond acceptors (Lipinski definition) is 4. The fourth-order valence-electron chi connectivity index (χ4n) is 3.25. The number of pyridine rings is 1. The van der Waals surface area contributed by atoms with Gasteiger partial charge in [0.2, 0.25) is 5.88 Å². The van der Waals surface area contributed by atoms with Gasteiger partial charge in [-0.1, -0.05) is 6.07 Å². The van der Waals surface area contributed by atoms with Gasteiger partial charge in [-0.2, -0.15) is 0 Å². The zero-order chi connectivity index (χ0) is 16.4. The van der Waals surface area contributed by atoms with E-state index in [2.05, 4.69) is 50.5 Å². The van der Waals surface area contributed by atoms with E-state index in [1.54, 1.807) is 0 Å². The minimum absolute atomic E-state index is 0.639. The van der Waals surface area contributed by atoms with E-state index in [0.717, 1.165) is 31.9 Å². The molecule has 0 saturated carbocycles. The number of aromatic nitrogens is 2. The molecule has 0 saturated heterocycles. The Kier molecular flexibility index (Phi) is 4.09. The van der Waals surface area contributed by atoms with E-state index in [0.29, 0.717) is 12.5 Å². The van der Waals surface area contributed by atoms with E-state index in [-0.39, 0.29) is 0 Å². The first-order valence-corrected chi connectivity index (χ1v) is 8.46. The molecule has 3 heterocycles. The first-order valence-electron chi connectivity index (χ1n) is 8.46. The van der Waals surface area contributed by atoms with Crippen molar-refractivity contribution in [1.82, 2.24) is 14.9 Å². The van der Waals surface area contributed by atoms with E-state index in [4.69, 9.17) is 4.74 Å². The molecule has 124 valence electrons. The van der Waals surface area contributed by atoms with Crippen LogP contribution in [-0.4, -0.2) is 34.6 Å². The van der Waals surface area contributed by atoms with Crippen molar-refractivity contribution in [3.63, 3.8) is 0 Å². The highest BCUT2D eigenvalue weighted by molar-refractivity contribution is 5.79. The Bertz CT molecular complexity index is 842. The van der Waals surface area contributed by atoms with Crippen LogP contribution in [0.1, 0.15) is 18.1 Å². The van der Waals surface area contributed by atoms with Gasteiger partial charge in [0.15, 0.2) is 0 Å². The van der Waals surface area contributed by atoms with Gasteiger partial charge in [0, 0.05) is 44.0 Å². The molecule has 5 heteroatoms. The smallest absolute Gasteiger partial charge is 0.213 e. The molecule has 2 aromatic heterocycles. The second kappa shape index (κ2) is 6.53. The van der Waals surface area contributed by atoms with Crippen LogP contribution in [0.3, 0.4) is 0 Å². The van der Waals surface area contributed by atoms with Crippen molar-refractivity contribution in [3.8, 4) is 5.88 Å². The lowest BCUT2D eigenvalue weighted by molar-refractivity contribution is 0.271. The Hall–Kier alpha value is -2.53. The minimum Gasteiger partial charge on any atom is -0.478 e. The predicted octanol–water partition coefficient (Wildman–Crippen LogP) is 3.39. The molecule has 1 aliphatic heterocycles. The standard InChI is InChI=1S/C19H22N4O/c1-2-24-19-10-16-13-23(8-7-21-18(16)11-22-19)12-14-3-4-17-15(9-14)5-6-20-17/h3-6,9-11,20-21H,2,7-8,12-13H2,1H3. The van der Waals surface area contributed by atoms with Crippen molar-refractivity contribution >= 4 is 16.6 Å². The number of hydrogen-bond donors (Lipinski definition) is 2. The Morgan fingerprint density at radius 2 is 2.21 bits per heavy atom. The quantitative estimate of drug-likeness (QED) is 0.773. The van der Waals surface area contributed by atoms with E-state index in [9.17, 15) is 0 Å². The highest BCUT2D eigenvalue weighted by Crippen LogP contribution is 2.24. The normalized spacial score (nSPS) is 14.9. The largest absolute Gasteiger partial charge is 0.478 e. The Balaban J connectivity index is 1.54. The third-order valence-corrected chi connectivity index (χ3v) is 4.42. The Morgan fingerprint density at radius 1 is 1.25 bits per heavy atom. The lowest BCUT2D eigenvalue weighted by atomic mass is 10.1. The van der Waals surface area contributed by atoms with Crippen LogP contribution in [0, 0.1) is 0 Å². The second-order valence-electron chi connectivity index (χ2n) is 6.15. The maximum absolute atomic E-state index is 5.54. The van der Waals surface area contributed by atoms with Crippen LogP contribution in [0.15, 0.2) is 42.7 Å². The number of nitrogens with one attached hydrogen (secondary N) is 2. The van der Waals surface area contributed by atoms with Gasteiger partial charge >= 0.3 is 0 Å². The van der Waals surface area contributed by atoms with Crippen molar-refractivity contribution < 1.29 is 4.74 Å². The molecule has 0 bridgehead atoms. The molecule has 4 rings (SSSR count). The summed E-state index contributed by atoms with van der Waals surface area (Å²) in [6.45, 7) is 6.39. The molecular weight excluding hydrogens is 300 g/mol. The maximum atomic E-state index is 5.54. The molecule has 0 aliphatic carbocycles. The van der Waals surface area contributed by atoms with Crippen LogP contribution in [0.5, 0.6) is 5.88 Å². The summed E-state index contributed by atoms with van der Waals surface area (Å²) in [6.07, 6.45) is 3.87. The van der Waals surface area contributed by atoms with Crippen molar-refractivity contribution in [1.29, 1.82) is 0 Å². The summed E-state index contributed by atoms with van der Waals surface area (Å²) in [7, 11) is 0. The Labute approximate surface area is 141 Å². The molecule has 3 aromatic rings. The molecule has 0 amide bonds. The zero-order valence-corrected chi connectivity index (χ0v) is 13.9. The first kappa shape index (κ1) is 15.0. The van der Waals surface area contributed by atoms with Crippen molar-refractivity contribution in [3.05, 3.63) is 53.9 Å². The second-order valence-corrected chi connectivity index (χ2v) is 6.15. The molecule has 2 N–H and O–H groups in total. The summed E-state index contributed by atoms with van der Waals surface area (Å²) >= 11 is 0. The third-order valence-electron chi connectivity index (χ3n) is 4.42. The molecule has 0 fully saturated rings. The van der Waals surface area contributed by atoms with Gasteiger partial charge in [0.25, 0.3) is 0 Å². The van der Waals surface area contributed by atoms with Crippen LogP contribution in [0.2, 0.25) is 0 Å². The number of anilines is 1. The van der Waals surface area contributed by atoms with Crippen LogP contribution < -0.4 is 10.1 Å². The van der Waals surface area contributed by atoms with Gasteiger partial charge in [-0.15, -0.1) is 0 Å². The van der Waals surface area contributed by atoms with Crippen LogP contribution in [0.25, 0.3) is 10.9 Å². The number of aromatic amines is 1. The molecule has 5 nitrogen and oxygen atoms in total. The number of ether oxygens (including phenoxy) is 1. The van der Waals surface area contributed by atoms with Crippen molar-refractivity contribution in [2.45, 2.75) is 20.0 Å². The summed E-state index contributed by atoms with van der Waals surface area (Å²) in [5, 5.41) is 4.74. The summed E-state index contributed by atoms with van der Waals surface area (Å²) in [5.74, 6) is 0.702. The summed E-state index contributed by atoms with van der Waals surface area (Å²) in [4.78, 5) is 10.1. The van der Waals surface area contributed by atoms with E-state index >= 15 is 0 Å². The van der Waals surface area contributed by atoms with Gasteiger partial charge in [-0.3, -0.25) is 4.90 Å². The third kappa shape index (κ3) is 3.08. The zero-order valence-electron chi connectivity index (χ0n) is 13.9. The predicted molar refractivity (Wildman–Crippen MR) is 96.3 cm³/mol. The van der Waals surface area contributed by atoms with Gasteiger partial charge in [0.1, 0.15) is 0 Å². The molecule has 24 heavy (non-hydrogen) atoms. The number of benzene rings is 1. The van der Waals surface area contributed by atoms with Crippen LogP contribution >= 0.6 is 0 Å². The molecule has 0 radical (unpaired) electrons. The highest BCUT2D eigenvalue weighted by Gasteiger charge is 2.16. The van der Waals surface area contributed by atoms with Gasteiger partial charge in [0.05, 0.1) is 18.5 Å². The fourth-order valence-corrected chi connectivity index (χ4v) is 3.25. The summed E-state index contributed by atoms with van der Waals surface area (Å²) in [6, 6.07) is 10.8. The lowest BCUT2D eigenvalue weighted by Crippen LogP contribution is -2.25. The first-order chi connectivity index (χ1) is 11.8. The summed E-state index contributed by atoms with van der Waals surface area (Å²) < 4.78 is 5.54. The monoisotopic (exact) mass is 322 g/mol. The Morgan fingerprint density at radius 3 is 3.12 bits per heavy atom. The van der Waals surface area contributed by atoms with E-state index in [1.807, 2.05) is 19.3 Å². The highest BCUT2D eigenvalue weighted by atomic mass is 16.5. The molecule has 1 aromatic carbocycles. The topological polar surface area (TPSA) is 53.2 Å². The minimum atomic E-state index is 0.639. The van der Waals surface area contributed by atoms with Crippen LogP contribution in [-0.2, 0) is 13.1 Å². The van der Waals surface area contributed by atoms with Gasteiger partial charge < -0.3 is 15.0 Å². The van der Waals surface area contributed by atoms with Crippen LogP contribution in [0.4, 0.5) is 5.69 Å². The molecular formula is C19H22N4O. The van der Waals surface area contributed by atoms with E-state index in [1.165, 1.54) is 22.0 Å². The summed E-state index contributed by atoms with van der Waals surface area (Å²) in [5.41, 5.74) is 4.88. The molecule has 1 aliphatic rings. The number of H-pyrrole nitrogens is 1. The van der Waals surface area contributed by atoms with E-state index < -0.39 is 0 Å². The van der Waals surface area contributed by atoms with Gasteiger partial charge in [-0.05, 0) is 41.6 Å². The number of fused-ring (bicyclic) bond motifs is 2. The SMILES string of the molecule is CCOc1cc2c(cn1)NCCN(Cc1ccc3[nH]ccc3c1)C2. The fraction of sp³-hybridized carbons (Fsp3) is 0.316. The maximum Gasteiger partial charge on any atom is 0.213 e. The molecule has 0 unspecified atom stereocenters. The van der Waals surface area contributed by atoms with Crippen molar-refractivity contribution in [2.75, 3.05) is 25.0 Å². The molecule has 0 atom stereocenters. The van der Waals surface area contributed by atoms with Gasteiger partial charge in [-0.25, -0.2) is 4.98 Å². The lowest BCUT2D eigenvalue weighted by Gasteiger charge is -2.20. The number of nitrogens with zero attached hydrogens (tertiary/aromatic N) is 2. The number of rotatable bonds is 4.